The summed E-state index contributed by atoms with van der Waals surface area (Å²) in [5.74, 6) is 0. The van der Waals surface area contributed by atoms with Crippen molar-refractivity contribution in [1.29, 1.82) is 0 Å². The molecule has 20 heavy (non-hydrogen) atoms. The van der Waals surface area contributed by atoms with Crippen LogP contribution >= 0.6 is 0 Å². The van der Waals surface area contributed by atoms with Crippen molar-refractivity contribution in [2.24, 2.45) is 0 Å². The van der Waals surface area contributed by atoms with Crippen LogP contribution in [0.4, 0.5) is 11.4 Å². The SMILES string of the molecule is CC(C)NCCNc1ccc([N+](=O)[O-])c2cccnc12. The van der Waals surface area contributed by atoms with Gasteiger partial charge in [-0.1, -0.05) is 13.8 Å². The molecule has 0 amide bonds. The number of nitro groups is 1. The molecule has 0 unspecified atom stereocenters. The van der Waals surface area contributed by atoms with Crippen LogP contribution in [-0.4, -0.2) is 29.0 Å². The Labute approximate surface area is 117 Å². The molecule has 0 atom stereocenters. The van der Waals surface area contributed by atoms with E-state index < -0.39 is 0 Å². The van der Waals surface area contributed by atoms with Gasteiger partial charge in [-0.2, -0.15) is 0 Å². The second kappa shape index (κ2) is 6.29. The molecule has 0 saturated heterocycles. The Morgan fingerprint density at radius 3 is 2.80 bits per heavy atom. The van der Waals surface area contributed by atoms with E-state index in [1.165, 1.54) is 6.07 Å². The highest BCUT2D eigenvalue weighted by atomic mass is 16.6. The molecular weight excluding hydrogens is 256 g/mol. The molecule has 6 nitrogen and oxygen atoms in total. The Hall–Kier alpha value is -2.21. The van der Waals surface area contributed by atoms with Gasteiger partial charge in [0.15, 0.2) is 0 Å². The summed E-state index contributed by atoms with van der Waals surface area (Å²) >= 11 is 0. The van der Waals surface area contributed by atoms with E-state index in [9.17, 15) is 10.1 Å². The average Bonchev–Trinajstić information content (AvgIpc) is 2.43. The summed E-state index contributed by atoms with van der Waals surface area (Å²) in [4.78, 5) is 14.9. The van der Waals surface area contributed by atoms with Crippen LogP contribution in [0, 0.1) is 10.1 Å². The number of anilines is 1. The first-order chi connectivity index (χ1) is 9.59. The molecule has 0 radical (unpaired) electrons. The van der Waals surface area contributed by atoms with Crippen LogP contribution in [0.5, 0.6) is 0 Å². The summed E-state index contributed by atoms with van der Waals surface area (Å²) in [7, 11) is 0. The fraction of sp³-hybridized carbons (Fsp3) is 0.357. The minimum absolute atomic E-state index is 0.0824. The molecule has 0 fully saturated rings. The van der Waals surface area contributed by atoms with E-state index >= 15 is 0 Å². The number of pyridine rings is 1. The van der Waals surface area contributed by atoms with Crippen molar-refractivity contribution >= 4 is 22.3 Å². The van der Waals surface area contributed by atoms with Crippen molar-refractivity contribution < 1.29 is 4.92 Å². The summed E-state index contributed by atoms with van der Waals surface area (Å²) < 4.78 is 0. The maximum atomic E-state index is 11.0. The van der Waals surface area contributed by atoms with Gasteiger partial charge in [-0.15, -0.1) is 0 Å². The lowest BCUT2D eigenvalue weighted by Gasteiger charge is -2.11. The van der Waals surface area contributed by atoms with Crippen molar-refractivity contribution in [2.75, 3.05) is 18.4 Å². The lowest BCUT2D eigenvalue weighted by atomic mass is 10.1. The summed E-state index contributed by atoms with van der Waals surface area (Å²) in [5.41, 5.74) is 1.53. The number of nitro benzene ring substituents is 1. The minimum atomic E-state index is -0.381. The number of non-ortho nitro benzene ring substituents is 1. The first-order valence-electron chi connectivity index (χ1n) is 6.59. The molecule has 0 spiro atoms. The second-order valence-electron chi connectivity index (χ2n) is 4.82. The molecule has 2 rings (SSSR count). The van der Waals surface area contributed by atoms with Crippen molar-refractivity contribution in [3.8, 4) is 0 Å². The zero-order chi connectivity index (χ0) is 14.5. The highest BCUT2D eigenvalue weighted by Crippen LogP contribution is 2.29. The Morgan fingerprint density at radius 2 is 2.10 bits per heavy atom. The molecule has 0 aliphatic carbocycles. The third-order valence-corrected chi connectivity index (χ3v) is 2.94. The fourth-order valence-electron chi connectivity index (χ4n) is 2.02. The van der Waals surface area contributed by atoms with E-state index in [4.69, 9.17) is 0 Å². The van der Waals surface area contributed by atoms with Crippen molar-refractivity contribution in [3.05, 3.63) is 40.6 Å². The lowest BCUT2D eigenvalue weighted by Crippen LogP contribution is -2.28. The molecule has 1 aromatic heterocycles. The van der Waals surface area contributed by atoms with Crippen molar-refractivity contribution in [2.45, 2.75) is 19.9 Å². The van der Waals surface area contributed by atoms with Gasteiger partial charge in [0.05, 0.1) is 16.0 Å². The number of hydrogen-bond acceptors (Lipinski definition) is 5. The highest BCUT2D eigenvalue weighted by Gasteiger charge is 2.14. The Kier molecular flexibility index (Phi) is 4.47. The zero-order valence-electron chi connectivity index (χ0n) is 11.6. The normalized spacial score (nSPS) is 10.9. The number of rotatable bonds is 6. The van der Waals surface area contributed by atoms with Crippen molar-refractivity contribution in [1.82, 2.24) is 10.3 Å². The van der Waals surface area contributed by atoms with Crippen LogP contribution in [0.2, 0.25) is 0 Å². The van der Waals surface area contributed by atoms with E-state index in [1.807, 2.05) is 0 Å². The third kappa shape index (κ3) is 3.21. The van der Waals surface area contributed by atoms with Gasteiger partial charge in [0.2, 0.25) is 0 Å². The van der Waals surface area contributed by atoms with Crippen LogP contribution in [0.1, 0.15) is 13.8 Å². The second-order valence-corrected chi connectivity index (χ2v) is 4.82. The van der Waals surface area contributed by atoms with Crippen molar-refractivity contribution in [3.63, 3.8) is 0 Å². The summed E-state index contributed by atoms with van der Waals surface area (Å²) in [5, 5.41) is 18.1. The molecule has 106 valence electrons. The van der Waals surface area contributed by atoms with Gasteiger partial charge in [-0.3, -0.25) is 15.1 Å². The molecule has 0 saturated carbocycles. The van der Waals surface area contributed by atoms with Crippen LogP contribution < -0.4 is 10.6 Å². The van der Waals surface area contributed by atoms with Gasteiger partial charge in [0, 0.05) is 31.4 Å². The molecule has 1 heterocycles. The molecule has 0 aliphatic heterocycles. The quantitative estimate of drug-likeness (QED) is 0.480. The molecule has 0 aliphatic rings. The van der Waals surface area contributed by atoms with Gasteiger partial charge in [-0.25, -0.2) is 0 Å². The predicted octanol–water partition coefficient (Wildman–Crippen LogP) is 2.55. The van der Waals surface area contributed by atoms with Gasteiger partial charge >= 0.3 is 0 Å². The molecule has 0 bridgehead atoms. The average molecular weight is 274 g/mol. The third-order valence-electron chi connectivity index (χ3n) is 2.94. The van der Waals surface area contributed by atoms with Crippen LogP contribution in [0.25, 0.3) is 10.9 Å². The van der Waals surface area contributed by atoms with Crippen LogP contribution in [0.3, 0.4) is 0 Å². The minimum Gasteiger partial charge on any atom is -0.382 e. The van der Waals surface area contributed by atoms with Gasteiger partial charge in [0.1, 0.15) is 5.52 Å². The summed E-state index contributed by atoms with van der Waals surface area (Å²) in [6, 6.07) is 7.09. The molecule has 6 heteroatoms. The van der Waals surface area contributed by atoms with E-state index in [1.54, 1.807) is 24.4 Å². The topological polar surface area (TPSA) is 80.1 Å². The Bertz CT molecular complexity index is 613. The number of nitrogens with one attached hydrogen (secondary N) is 2. The van der Waals surface area contributed by atoms with Gasteiger partial charge in [0.25, 0.3) is 5.69 Å². The fourth-order valence-corrected chi connectivity index (χ4v) is 2.02. The first kappa shape index (κ1) is 14.2. The van der Waals surface area contributed by atoms with E-state index in [0.717, 1.165) is 18.8 Å². The van der Waals surface area contributed by atoms with Crippen LogP contribution in [-0.2, 0) is 0 Å². The van der Waals surface area contributed by atoms with Gasteiger partial charge < -0.3 is 10.6 Å². The molecule has 2 aromatic rings. The number of nitrogens with zero attached hydrogens (tertiary/aromatic N) is 2. The number of hydrogen-bond donors (Lipinski definition) is 2. The zero-order valence-corrected chi connectivity index (χ0v) is 11.6. The largest absolute Gasteiger partial charge is 0.382 e. The Morgan fingerprint density at radius 1 is 1.30 bits per heavy atom. The first-order valence-corrected chi connectivity index (χ1v) is 6.59. The van der Waals surface area contributed by atoms with E-state index in [-0.39, 0.29) is 10.6 Å². The molecule has 2 N–H and O–H groups in total. The van der Waals surface area contributed by atoms with E-state index in [0.29, 0.717) is 16.9 Å². The lowest BCUT2D eigenvalue weighted by molar-refractivity contribution is -0.383. The summed E-state index contributed by atoms with van der Waals surface area (Å²) in [6.07, 6.45) is 1.64. The predicted molar refractivity (Wildman–Crippen MR) is 80.0 cm³/mol. The maximum Gasteiger partial charge on any atom is 0.278 e. The monoisotopic (exact) mass is 274 g/mol. The number of benzene rings is 1. The van der Waals surface area contributed by atoms with Gasteiger partial charge in [-0.05, 0) is 18.2 Å². The Balaban J connectivity index is 2.22. The smallest absolute Gasteiger partial charge is 0.278 e. The maximum absolute atomic E-state index is 11.0. The molecular formula is C14H18N4O2. The molecule has 1 aromatic carbocycles. The number of fused-ring (bicyclic) bond motifs is 1. The highest BCUT2D eigenvalue weighted by molar-refractivity contribution is 5.96. The summed E-state index contributed by atoms with van der Waals surface area (Å²) in [6.45, 7) is 5.73. The van der Waals surface area contributed by atoms with E-state index in [2.05, 4.69) is 29.5 Å². The number of aromatic nitrogens is 1. The standard InChI is InChI=1S/C14H18N4O2/c1-10(2)15-8-9-16-12-5-6-13(18(19)20)11-4-3-7-17-14(11)12/h3-7,10,15-16H,8-9H2,1-2H3. The van der Waals surface area contributed by atoms with Crippen LogP contribution in [0.15, 0.2) is 30.5 Å².